The molecule has 2 heterocycles. The lowest BCUT2D eigenvalue weighted by atomic mass is 10.1. The van der Waals surface area contributed by atoms with Crippen molar-refractivity contribution in [1.82, 2.24) is 19.7 Å². The molecular formula is C14H22N4O2S. The molecule has 1 aliphatic heterocycles. The normalized spacial score (nSPS) is 19.7. The van der Waals surface area contributed by atoms with E-state index in [4.69, 9.17) is 0 Å². The first kappa shape index (κ1) is 15.9. The van der Waals surface area contributed by atoms with E-state index in [1.54, 1.807) is 23.9 Å². The van der Waals surface area contributed by atoms with Crippen LogP contribution in [-0.4, -0.2) is 78.3 Å². The van der Waals surface area contributed by atoms with Gasteiger partial charge >= 0.3 is 0 Å². The molecule has 7 heteroatoms. The summed E-state index contributed by atoms with van der Waals surface area (Å²) in [6.07, 6.45) is 0. The number of aryl methyl sites for hydroxylation is 2. The molecule has 0 aromatic carbocycles. The highest BCUT2D eigenvalue weighted by Gasteiger charge is 2.36. The molecule has 0 spiro atoms. The number of likely N-dealkylation sites (N-methyl/N-ethyl adjacent to an activating group) is 2. The van der Waals surface area contributed by atoms with Crippen LogP contribution in [0.15, 0.2) is 0 Å². The van der Waals surface area contributed by atoms with Gasteiger partial charge in [-0.25, -0.2) is 4.98 Å². The largest absolute Gasteiger partial charge is 0.347 e. The number of hydrogen-bond acceptors (Lipinski definition) is 5. The Hall–Kier alpha value is -1.47. The Kier molecular flexibility index (Phi) is 4.63. The maximum absolute atomic E-state index is 12.8. The van der Waals surface area contributed by atoms with Crippen LogP contribution in [0.2, 0.25) is 0 Å². The molecule has 1 aromatic rings. The fourth-order valence-corrected chi connectivity index (χ4v) is 3.41. The van der Waals surface area contributed by atoms with Gasteiger partial charge in [0.15, 0.2) is 0 Å². The SMILES string of the molecule is Cc1nc(C)c(C(=O)N2CCN(C)CC2C(=O)N(C)C)s1. The van der Waals surface area contributed by atoms with Gasteiger partial charge in [0.25, 0.3) is 5.91 Å². The van der Waals surface area contributed by atoms with Gasteiger partial charge in [-0.2, -0.15) is 0 Å². The molecule has 2 amide bonds. The smallest absolute Gasteiger partial charge is 0.266 e. The van der Waals surface area contributed by atoms with Gasteiger partial charge in [-0.15, -0.1) is 11.3 Å². The predicted octanol–water partition coefficient (Wildman–Crippen LogP) is 0.604. The van der Waals surface area contributed by atoms with Crippen molar-refractivity contribution in [2.75, 3.05) is 40.8 Å². The minimum atomic E-state index is -0.423. The molecule has 1 saturated heterocycles. The Morgan fingerprint density at radius 2 is 1.95 bits per heavy atom. The first-order valence-corrected chi connectivity index (χ1v) is 7.77. The van der Waals surface area contributed by atoms with Crippen molar-refractivity contribution in [1.29, 1.82) is 0 Å². The second-order valence-electron chi connectivity index (χ2n) is 5.66. The minimum absolute atomic E-state index is 0.0335. The molecule has 0 radical (unpaired) electrons. The van der Waals surface area contributed by atoms with E-state index in [0.717, 1.165) is 17.2 Å². The van der Waals surface area contributed by atoms with E-state index < -0.39 is 6.04 Å². The summed E-state index contributed by atoms with van der Waals surface area (Å²) in [6, 6.07) is -0.423. The summed E-state index contributed by atoms with van der Waals surface area (Å²) in [5, 5.41) is 0.875. The van der Waals surface area contributed by atoms with E-state index >= 15 is 0 Å². The molecule has 0 saturated carbocycles. The maximum atomic E-state index is 12.8. The molecule has 1 aliphatic rings. The molecule has 1 atom stereocenters. The van der Waals surface area contributed by atoms with Gasteiger partial charge in [-0.05, 0) is 20.9 Å². The molecule has 1 fully saturated rings. The number of rotatable bonds is 2. The molecule has 2 rings (SSSR count). The Morgan fingerprint density at radius 3 is 2.48 bits per heavy atom. The summed E-state index contributed by atoms with van der Waals surface area (Å²) in [4.78, 5) is 35.4. The van der Waals surface area contributed by atoms with Gasteiger partial charge in [-0.1, -0.05) is 0 Å². The number of amides is 2. The van der Waals surface area contributed by atoms with Crippen molar-refractivity contribution in [3.05, 3.63) is 15.6 Å². The Labute approximate surface area is 129 Å². The second-order valence-corrected chi connectivity index (χ2v) is 6.86. The van der Waals surface area contributed by atoms with Crippen molar-refractivity contribution in [2.45, 2.75) is 19.9 Å². The molecular weight excluding hydrogens is 288 g/mol. The molecule has 6 nitrogen and oxygen atoms in total. The average molecular weight is 310 g/mol. The maximum Gasteiger partial charge on any atom is 0.266 e. The third-order valence-electron chi connectivity index (χ3n) is 3.67. The van der Waals surface area contributed by atoms with Crippen molar-refractivity contribution in [3.63, 3.8) is 0 Å². The number of aromatic nitrogens is 1. The van der Waals surface area contributed by atoms with Crippen LogP contribution in [0.1, 0.15) is 20.4 Å². The van der Waals surface area contributed by atoms with Crippen LogP contribution in [0.25, 0.3) is 0 Å². The van der Waals surface area contributed by atoms with Gasteiger partial charge < -0.3 is 14.7 Å². The van der Waals surface area contributed by atoms with E-state index in [1.807, 2.05) is 20.9 Å². The Morgan fingerprint density at radius 1 is 1.29 bits per heavy atom. The topological polar surface area (TPSA) is 56.8 Å². The van der Waals surface area contributed by atoms with Crippen molar-refractivity contribution < 1.29 is 9.59 Å². The van der Waals surface area contributed by atoms with Crippen molar-refractivity contribution in [3.8, 4) is 0 Å². The lowest BCUT2D eigenvalue weighted by molar-refractivity contribution is -0.135. The average Bonchev–Trinajstić information content (AvgIpc) is 2.75. The predicted molar refractivity (Wildman–Crippen MR) is 82.6 cm³/mol. The number of carbonyl (C=O) groups excluding carboxylic acids is 2. The molecule has 21 heavy (non-hydrogen) atoms. The van der Waals surface area contributed by atoms with E-state index in [-0.39, 0.29) is 11.8 Å². The number of carbonyl (C=O) groups is 2. The molecule has 0 aliphatic carbocycles. The van der Waals surface area contributed by atoms with E-state index in [9.17, 15) is 9.59 Å². The monoisotopic (exact) mass is 310 g/mol. The van der Waals surface area contributed by atoms with Crippen molar-refractivity contribution in [2.24, 2.45) is 0 Å². The number of thiazole rings is 1. The zero-order valence-electron chi connectivity index (χ0n) is 13.2. The fraction of sp³-hybridized carbons (Fsp3) is 0.643. The molecule has 0 bridgehead atoms. The van der Waals surface area contributed by atoms with E-state index in [2.05, 4.69) is 9.88 Å². The minimum Gasteiger partial charge on any atom is -0.347 e. The second kappa shape index (κ2) is 6.11. The standard InChI is InChI=1S/C14H22N4O2S/c1-9-12(21-10(2)15-9)14(20)18-7-6-17(5)8-11(18)13(19)16(3)4/h11H,6-8H2,1-5H3. The summed E-state index contributed by atoms with van der Waals surface area (Å²) < 4.78 is 0. The quantitative estimate of drug-likeness (QED) is 0.803. The van der Waals surface area contributed by atoms with Gasteiger partial charge in [0.2, 0.25) is 5.91 Å². The highest BCUT2D eigenvalue weighted by molar-refractivity contribution is 7.13. The first-order valence-electron chi connectivity index (χ1n) is 6.96. The van der Waals surface area contributed by atoms with Crippen LogP contribution in [0.4, 0.5) is 0 Å². The van der Waals surface area contributed by atoms with Crippen LogP contribution in [0, 0.1) is 13.8 Å². The third kappa shape index (κ3) is 3.24. The number of piperazine rings is 1. The van der Waals surface area contributed by atoms with E-state index in [0.29, 0.717) is 18.0 Å². The van der Waals surface area contributed by atoms with Crippen LogP contribution in [-0.2, 0) is 4.79 Å². The van der Waals surface area contributed by atoms with Gasteiger partial charge in [0, 0.05) is 33.7 Å². The fourth-order valence-electron chi connectivity index (χ4n) is 2.53. The number of hydrogen-bond donors (Lipinski definition) is 0. The molecule has 1 unspecified atom stereocenters. The van der Waals surface area contributed by atoms with Crippen LogP contribution in [0.3, 0.4) is 0 Å². The first-order chi connectivity index (χ1) is 9.81. The summed E-state index contributed by atoms with van der Waals surface area (Å²) in [5.74, 6) is -0.111. The lowest BCUT2D eigenvalue weighted by Crippen LogP contribution is -2.59. The molecule has 116 valence electrons. The summed E-state index contributed by atoms with van der Waals surface area (Å²) >= 11 is 1.40. The van der Waals surface area contributed by atoms with Crippen LogP contribution < -0.4 is 0 Å². The van der Waals surface area contributed by atoms with Crippen LogP contribution >= 0.6 is 11.3 Å². The van der Waals surface area contributed by atoms with Crippen LogP contribution in [0.5, 0.6) is 0 Å². The zero-order chi connectivity index (χ0) is 15.7. The van der Waals surface area contributed by atoms with Gasteiger partial charge in [-0.3, -0.25) is 9.59 Å². The zero-order valence-corrected chi connectivity index (χ0v) is 14.0. The lowest BCUT2D eigenvalue weighted by Gasteiger charge is -2.39. The third-order valence-corrected chi connectivity index (χ3v) is 4.73. The molecule has 0 N–H and O–H groups in total. The van der Waals surface area contributed by atoms with Crippen molar-refractivity contribution >= 4 is 23.2 Å². The summed E-state index contributed by atoms with van der Waals surface area (Å²) in [6.45, 7) is 5.64. The highest BCUT2D eigenvalue weighted by atomic mass is 32.1. The number of nitrogens with zero attached hydrogens (tertiary/aromatic N) is 4. The summed E-state index contributed by atoms with van der Waals surface area (Å²) in [7, 11) is 5.42. The molecule has 1 aromatic heterocycles. The summed E-state index contributed by atoms with van der Waals surface area (Å²) in [5.41, 5.74) is 0.748. The van der Waals surface area contributed by atoms with E-state index in [1.165, 1.54) is 11.3 Å². The van der Waals surface area contributed by atoms with Gasteiger partial charge in [0.1, 0.15) is 10.9 Å². The Bertz CT molecular complexity index is 555. The Balaban J connectivity index is 2.28. The highest BCUT2D eigenvalue weighted by Crippen LogP contribution is 2.22. The van der Waals surface area contributed by atoms with Gasteiger partial charge in [0.05, 0.1) is 10.7 Å².